The highest BCUT2D eigenvalue weighted by Gasteiger charge is 2.08. The number of carbonyl (C=O) groups excluding carboxylic acids is 1. The van der Waals surface area contributed by atoms with Crippen molar-refractivity contribution in [2.75, 3.05) is 0 Å². The van der Waals surface area contributed by atoms with E-state index in [9.17, 15) is 4.79 Å². The van der Waals surface area contributed by atoms with Gasteiger partial charge in [-0.05, 0) is 29.7 Å². The quantitative estimate of drug-likeness (QED) is 0.356. The fourth-order valence-electron chi connectivity index (χ4n) is 2.62. The number of aromatic nitrogens is 3. The minimum Gasteiger partial charge on any atom is -0.312 e. The number of amides is 1. The van der Waals surface area contributed by atoms with Crippen LogP contribution in [0, 0.1) is 0 Å². The molecule has 0 bridgehead atoms. The van der Waals surface area contributed by atoms with Crippen LogP contribution in [-0.4, -0.2) is 26.4 Å². The molecule has 2 aromatic carbocycles. The van der Waals surface area contributed by atoms with Crippen LogP contribution in [-0.2, 0) is 12.8 Å². The molecule has 7 heteroatoms. The third-order valence-corrected chi connectivity index (χ3v) is 5.25. The van der Waals surface area contributed by atoms with Crippen molar-refractivity contribution in [1.29, 1.82) is 0 Å². The van der Waals surface area contributed by atoms with Gasteiger partial charge in [-0.2, -0.15) is 5.10 Å². The number of hydrazone groups is 1. The van der Waals surface area contributed by atoms with Crippen molar-refractivity contribution in [2.45, 2.75) is 30.7 Å². The van der Waals surface area contributed by atoms with Crippen molar-refractivity contribution in [3.63, 3.8) is 0 Å². The summed E-state index contributed by atoms with van der Waals surface area (Å²) in [5, 5.41) is 13.1. The number of rotatable bonds is 8. The van der Waals surface area contributed by atoms with Crippen LogP contribution in [0.5, 0.6) is 0 Å². The van der Waals surface area contributed by atoms with Crippen LogP contribution >= 0.6 is 11.8 Å². The zero-order valence-electron chi connectivity index (χ0n) is 16.0. The summed E-state index contributed by atoms with van der Waals surface area (Å²) in [5.74, 6) is 0.554. The zero-order valence-corrected chi connectivity index (χ0v) is 16.8. The molecule has 0 fully saturated rings. The molecule has 0 aliphatic rings. The summed E-state index contributed by atoms with van der Waals surface area (Å²) in [6.07, 6.45) is 3.45. The molecule has 1 heterocycles. The monoisotopic (exact) mass is 393 g/mol. The van der Waals surface area contributed by atoms with Crippen LogP contribution in [0.2, 0.25) is 0 Å². The lowest BCUT2D eigenvalue weighted by molar-refractivity contribution is 0.0955. The second-order valence-corrected chi connectivity index (χ2v) is 7.27. The Labute approximate surface area is 169 Å². The Balaban J connectivity index is 1.61. The first-order valence-electron chi connectivity index (χ1n) is 9.15. The molecule has 0 saturated heterocycles. The second kappa shape index (κ2) is 9.85. The highest BCUT2D eigenvalue weighted by atomic mass is 32.2. The molecule has 0 atom stereocenters. The van der Waals surface area contributed by atoms with Gasteiger partial charge in [0.25, 0.3) is 5.91 Å². The molecule has 1 aromatic heterocycles. The molecule has 0 spiro atoms. The van der Waals surface area contributed by atoms with Gasteiger partial charge in [0.05, 0.1) is 5.71 Å². The minimum absolute atomic E-state index is 0.211. The van der Waals surface area contributed by atoms with Gasteiger partial charge in [-0.15, -0.1) is 10.2 Å². The van der Waals surface area contributed by atoms with Crippen molar-refractivity contribution in [3.05, 3.63) is 77.6 Å². The third kappa shape index (κ3) is 5.29. The van der Waals surface area contributed by atoms with Gasteiger partial charge in [0.2, 0.25) is 0 Å². The average Bonchev–Trinajstić information content (AvgIpc) is 3.15. The second-order valence-electron chi connectivity index (χ2n) is 6.33. The van der Waals surface area contributed by atoms with Gasteiger partial charge in [0, 0.05) is 18.4 Å². The number of aryl methyl sites for hydroxylation is 1. The van der Waals surface area contributed by atoms with Crippen molar-refractivity contribution in [1.82, 2.24) is 20.2 Å². The van der Waals surface area contributed by atoms with E-state index in [1.54, 1.807) is 18.1 Å². The molecule has 1 amide bonds. The van der Waals surface area contributed by atoms with Gasteiger partial charge in [-0.3, -0.25) is 4.79 Å². The number of carbonyl (C=O) groups is 1. The predicted octanol–water partition coefficient (Wildman–Crippen LogP) is 4.04. The molecular weight excluding hydrogens is 370 g/mol. The van der Waals surface area contributed by atoms with E-state index >= 15 is 0 Å². The first-order chi connectivity index (χ1) is 13.7. The maximum Gasteiger partial charge on any atom is 0.271 e. The first kappa shape index (κ1) is 19.8. The van der Waals surface area contributed by atoms with Gasteiger partial charge in [-0.1, -0.05) is 67.6 Å². The fraction of sp³-hybridized carbons (Fsp3) is 0.238. The van der Waals surface area contributed by atoms with Gasteiger partial charge < -0.3 is 4.57 Å². The van der Waals surface area contributed by atoms with Crippen LogP contribution in [0.15, 0.2) is 71.2 Å². The van der Waals surface area contributed by atoms with E-state index in [1.807, 2.05) is 66.2 Å². The third-order valence-electron chi connectivity index (χ3n) is 4.14. The Morgan fingerprint density at radius 3 is 2.50 bits per heavy atom. The summed E-state index contributed by atoms with van der Waals surface area (Å²) in [5.41, 5.74) is 6.30. The minimum atomic E-state index is -0.211. The maximum atomic E-state index is 12.4. The molecule has 0 aliphatic heterocycles. The van der Waals surface area contributed by atoms with E-state index in [-0.39, 0.29) is 5.91 Å². The van der Waals surface area contributed by atoms with E-state index in [2.05, 4.69) is 27.6 Å². The Kier molecular flexibility index (Phi) is 6.97. The van der Waals surface area contributed by atoms with Gasteiger partial charge in [0.1, 0.15) is 6.33 Å². The smallest absolute Gasteiger partial charge is 0.271 e. The molecule has 6 nitrogen and oxygen atoms in total. The molecule has 1 N–H and O–H groups in total. The van der Waals surface area contributed by atoms with Crippen LogP contribution in [0.4, 0.5) is 0 Å². The van der Waals surface area contributed by atoms with E-state index in [0.29, 0.717) is 5.56 Å². The number of hydrogen-bond acceptors (Lipinski definition) is 5. The van der Waals surface area contributed by atoms with Crippen LogP contribution in [0.25, 0.3) is 0 Å². The number of nitrogens with zero attached hydrogens (tertiary/aromatic N) is 4. The Morgan fingerprint density at radius 2 is 1.86 bits per heavy atom. The summed E-state index contributed by atoms with van der Waals surface area (Å²) in [6.45, 7) is 2.10. The fourth-order valence-corrected chi connectivity index (χ4v) is 3.46. The van der Waals surface area contributed by atoms with E-state index in [0.717, 1.165) is 40.6 Å². The van der Waals surface area contributed by atoms with Crippen molar-refractivity contribution in [2.24, 2.45) is 12.1 Å². The van der Waals surface area contributed by atoms with Crippen LogP contribution in [0.3, 0.4) is 0 Å². The molecule has 0 aliphatic carbocycles. The van der Waals surface area contributed by atoms with Crippen molar-refractivity contribution in [3.8, 4) is 0 Å². The van der Waals surface area contributed by atoms with Gasteiger partial charge in [-0.25, -0.2) is 5.43 Å². The van der Waals surface area contributed by atoms with Gasteiger partial charge >= 0.3 is 0 Å². The average molecular weight is 394 g/mol. The van der Waals surface area contributed by atoms with Crippen LogP contribution < -0.4 is 5.43 Å². The number of hydrogen-bond donors (Lipinski definition) is 1. The van der Waals surface area contributed by atoms with E-state index in [1.165, 1.54) is 0 Å². The number of nitrogens with one attached hydrogen (secondary N) is 1. The maximum absolute atomic E-state index is 12.4. The lowest BCUT2D eigenvalue weighted by Gasteiger charge is -2.07. The topological polar surface area (TPSA) is 72.2 Å². The normalized spacial score (nSPS) is 11.4. The lowest BCUT2D eigenvalue weighted by Crippen LogP contribution is -2.20. The van der Waals surface area contributed by atoms with Gasteiger partial charge in [0.15, 0.2) is 5.16 Å². The zero-order chi connectivity index (χ0) is 19.8. The SMILES string of the molecule is CCCC(=NNC(=O)c1ccc(CSc2nncn2C)cc1)c1ccccc1. The molecule has 3 rings (SSSR count). The lowest BCUT2D eigenvalue weighted by atomic mass is 10.1. The van der Waals surface area contributed by atoms with E-state index < -0.39 is 0 Å². The predicted molar refractivity (Wildman–Crippen MR) is 112 cm³/mol. The summed E-state index contributed by atoms with van der Waals surface area (Å²) in [7, 11) is 1.92. The summed E-state index contributed by atoms with van der Waals surface area (Å²) in [4.78, 5) is 12.4. The van der Waals surface area contributed by atoms with Crippen molar-refractivity contribution >= 4 is 23.4 Å². The standard InChI is InChI=1S/C21H23N5OS/c1-3-7-19(17-8-5-4-6-9-17)23-24-20(27)18-12-10-16(11-13-18)14-28-21-25-22-15-26(21)2/h4-6,8-13,15H,3,7,14H2,1-2H3,(H,24,27). The molecule has 0 radical (unpaired) electrons. The molecule has 0 saturated carbocycles. The highest BCUT2D eigenvalue weighted by molar-refractivity contribution is 7.98. The molecule has 0 unspecified atom stereocenters. The van der Waals surface area contributed by atoms with Crippen molar-refractivity contribution < 1.29 is 4.79 Å². The Bertz CT molecular complexity index is 935. The first-order valence-corrected chi connectivity index (χ1v) is 10.1. The molecule has 28 heavy (non-hydrogen) atoms. The molecular formula is C21H23N5OS. The Hall–Kier alpha value is -2.93. The Morgan fingerprint density at radius 1 is 1.11 bits per heavy atom. The summed E-state index contributed by atoms with van der Waals surface area (Å²) < 4.78 is 1.88. The number of thioether (sulfide) groups is 1. The van der Waals surface area contributed by atoms with Crippen LogP contribution in [0.1, 0.15) is 41.3 Å². The molecule has 3 aromatic rings. The highest BCUT2D eigenvalue weighted by Crippen LogP contribution is 2.20. The largest absolute Gasteiger partial charge is 0.312 e. The number of benzene rings is 2. The van der Waals surface area contributed by atoms with E-state index in [4.69, 9.17) is 0 Å². The molecule has 144 valence electrons. The summed E-state index contributed by atoms with van der Waals surface area (Å²) >= 11 is 1.61. The summed E-state index contributed by atoms with van der Waals surface area (Å²) in [6, 6.07) is 17.5.